The van der Waals surface area contributed by atoms with Crippen LogP contribution in [0.25, 0.3) is 0 Å². The Labute approximate surface area is 73.3 Å². The van der Waals surface area contributed by atoms with E-state index in [0.29, 0.717) is 6.17 Å². The van der Waals surface area contributed by atoms with Crippen LogP contribution in [-0.4, -0.2) is 9.97 Å². The van der Waals surface area contributed by atoms with E-state index in [0.717, 1.165) is 0 Å². The Morgan fingerprint density at radius 1 is 0.667 bits per heavy atom. The first-order chi connectivity index (χ1) is 6.39. The van der Waals surface area contributed by atoms with Crippen LogP contribution in [0.15, 0.2) is 61.2 Å². The van der Waals surface area contributed by atoms with Crippen molar-refractivity contribution in [1.82, 2.24) is 9.97 Å². The molecule has 0 amide bonds. The first-order valence-corrected chi connectivity index (χ1v) is 3.62. The summed E-state index contributed by atoms with van der Waals surface area (Å²) in [7, 11) is 0. The van der Waals surface area contributed by atoms with Crippen LogP contribution >= 0.6 is 0 Å². The molecule has 60 valence electrons. The average molecular weight is 159 g/mol. The van der Waals surface area contributed by atoms with Crippen molar-refractivity contribution in [2.24, 2.45) is 0 Å². The molecule has 2 nitrogen and oxygen atoms in total. The molecule has 0 unspecified atom stereocenters. The van der Waals surface area contributed by atoms with Crippen LogP contribution in [0.2, 0.25) is 0 Å². The van der Waals surface area contributed by atoms with Crippen LogP contribution in [0.4, 0.5) is 0 Å². The lowest BCUT2D eigenvalue weighted by Gasteiger charge is -1.70. The molecule has 0 saturated carbocycles. The van der Waals surface area contributed by atoms with Crippen LogP contribution in [0.5, 0.6) is 0 Å². The quantitative estimate of drug-likeness (QED) is 0.588. The van der Waals surface area contributed by atoms with Crippen molar-refractivity contribution >= 4 is 0 Å². The van der Waals surface area contributed by atoms with Crippen molar-refractivity contribution < 1.29 is 1.37 Å². The molecule has 0 spiro atoms. The Balaban J connectivity index is 0.000000132. The molecule has 0 aliphatic carbocycles. The summed E-state index contributed by atoms with van der Waals surface area (Å²) in [6, 6.07) is 10.9. The molecule has 2 rings (SSSR count). The zero-order valence-corrected chi connectivity index (χ0v) is 6.59. The van der Waals surface area contributed by atoms with Gasteiger partial charge in [0.05, 0.1) is 1.37 Å². The minimum Gasteiger partial charge on any atom is -0.265 e. The van der Waals surface area contributed by atoms with Gasteiger partial charge in [-0.1, -0.05) is 12.1 Å². The minimum absolute atomic E-state index is 0.322. The molecular formula is C10H10N2. The summed E-state index contributed by atoms with van der Waals surface area (Å²) >= 11 is 0. The van der Waals surface area contributed by atoms with Gasteiger partial charge in [0.25, 0.3) is 0 Å². The summed E-state index contributed by atoms with van der Waals surface area (Å²) in [5, 5.41) is 0. The van der Waals surface area contributed by atoms with Gasteiger partial charge >= 0.3 is 0 Å². The Morgan fingerprint density at radius 2 is 1.25 bits per heavy atom. The van der Waals surface area contributed by atoms with Gasteiger partial charge in [0, 0.05) is 24.8 Å². The normalized spacial score (nSPS) is 9.17. The second kappa shape index (κ2) is 6.04. The van der Waals surface area contributed by atoms with Gasteiger partial charge in [0.15, 0.2) is 0 Å². The number of pyridine rings is 2. The maximum Gasteiger partial charge on any atom is 0.0840 e. The van der Waals surface area contributed by atoms with E-state index < -0.39 is 0 Å². The largest absolute Gasteiger partial charge is 0.265 e. The minimum atomic E-state index is 0.322. The highest BCUT2D eigenvalue weighted by atomic mass is 14.6. The van der Waals surface area contributed by atoms with Crippen molar-refractivity contribution in [3.63, 3.8) is 0 Å². The summed E-state index contributed by atoms with van der Waals surface area (Å²) < 4.78 is 6.88. The molecule has 0 aliphatic rings. The number of nitrogens with zero attached hydrogens (tertiary/aromatic N) is 2. The van der Waals surface area contributed by atoms with E-state index in [1.54, 1.807) is 36.8 Å². The molecular weight excluding hydrogens is 148 g/mol. The van der Waals surface area contributed by atoms with E-state index in [-0.39, 0.29) is 0 Å². The Morgan fingerprint density at radius 3 is 1.50 bits per heavy atom. The second-order valence-electron chi connectivity index (χ2n) is 1.98. The highest BCUT2D eigenvalue weighted by Gasteiger charge is 1.59. The van der Waals surface area contributed by atoms with Crippen LogP contribution in [0.3, 0.4) is 0 Å². The molecule has 2 aromatic rings. The summed E-state index contributed by atoms with van der Waals surface area (Å²) in [5.74, 6) is 0. The van der Waals surface area contributed by atoms with E-state index in [2.05, 4.69) is 9.97 Å². The molecule has 2 heteroatoms. The lowest BCUT2D eigenvalue weighted by Crippen LogP contribution is -1.58. The van der Waals surface area contributed by atoms with E-state index in [4.69, 9.17) is 1.37 Å². The number of hydrogen-bond donors (Lipinski definition) is 0. The van der Waals surface area contributed by atoms with Crippen molar-refractivity contribution in [3.05, 3.63) is 61.2 Å². The van der Waals surface area contributed by atoms with E-state index in [1.165, 1.54) is 0 Å². The third-order valence-electron chi connectivity index (χ3n) is 1.08. The summed E-state index contributed by atoms with van der Waals surface area (Å²) in [6.07, 6.45) is 5.42. The zero-order valence-electron chi connectivity index (χ0n) is 7.59. The van der Waals surface area contributed by atoms with Crippen molar-refractivity contribution in [3.8, 4) is 0 Å². The van der Waals surface area contributed by atoms with Gasteiger partial charge in [-0.3, -0.25) is 9.97 Å². The molecule has 12 heavy (non-hydrogen) atoms. The first-order valence-electron chi connectivity index (χ1n) is 4.12. The molecule has 0 fully saturated rings. The summed E-state index contributed by atoms with van der Waals surface area (Å²) in [6.45, 7) is 0. The predicted octanol–water partition coefficient (Wildman–Crippen LogP) is 2.16. The van der Waals surface area contributed by atoms with Crippen LogP contribution in [-0.2, 0) is 0 Å². The van der Waals surface area contributed by atoms with Crippen molar-refractivity contribution in [2.75, 3.05) is 0 Å². The fourth-order valence-electron chi connectivity index (χ4n) is 0.590. The average Bonchev–Trinajstić information content (AvgIpc) is 2.22. The predicted molar refractivity (Wildman–Crippen MR) is 48.5 cm³/mol. The Kier molecular flexibility index (Phi) is 3.51. The fraction of sp³-hybridized carbons (Fsp3) is 0. The van der Waals surface area contributed by atoms with Crippen molar-refractivity contribution in [2.45, 2.75) is 0 Å². The van der Waals surface area contributed by atoms with Crippen LogP contribution in [0, 0.1) is 0 Å². The Bertz CT molecular complexity index is 283. The summed E-state index contributed by atoms with van der Waals surface area (Å²) in [4.78, 5) is 7.43. The van der Waals surface area contributed by atoms with Gasteiger partial charge in [-0.15, -0.1) is 0 Å². The number of aromatic nitrogens is 2. The van der Waals surface area contributed by atoms with E-state index in [1.807, 2.05) is 18.2 Å². The third kappa shape index (κ3) is 4.17. The van der Waals surface area contributed by atoms with Gasteiger partial charge < -0.3 is 0 Å². The second-order valence-corrected chi connectivity index (χ2v) is 1.98. The maximum absolute atomic E-state index is 6.88. The smallest absolute Gasteiger partial charge is 0.0840 e. The van der Waals surface area contributed by atoms with Gasteiger partial charge in [-0.2, -0.15) is 0 Å². The first kappa shape index (κ1) is 6.98. The lowest BCUT2D eigenvalue weighted by molar-refractivity contribution is 1.33. The molecule has 0 radical (unpaired) electrons. The molecule has 0 aliphatic heterocycles. The van der Waals surface area contributed by atoms with Gasteiger partial charge in [-0.25, -0.2) is 0 Å². The van der Waals surface area contributed by atoms with Gasteiger partial charge in [-0.05, 0) is 24.3 Å². The standard InChI is InChI=1S/2C5H5N/c2*1-2-4-6-5-3-1/h2*1-5H/i4D;. The van der Waals surface area contributed by atoms with Gasteiger partial charge in [0.1, 0.15) is 0 Å². The number of rotatable bonds is 0. The van der Waals surface area contributed by atoms with E-state index >= 15 is 0 Å². The lowest BCUT2D eigenvalue weighted by atomic mass is 10.5. The SMILES string of the molecule is [2H]c1ccccn1.c1ccncc1. The van der Waals surface area contributed by atoms with Crippen molar-refractivity contribution in [1.29, 1.82) is 0 Å². The molecule has 0 bridgehead atoms. The third-order valence-corrected chi connectivity index (χ3v) is 1.08. The molecule has 0 atom stereocenters. The molecule has 2 heterocycles. The van der Waals surface area contributed by atoms with Crippen LogP contribution < -0.4 is 0 Å². The monoisotopic (exact) mass is 159 g/mol. The fourth-order valence-corrected chi connectivity index (χ4v) is 0.590. The number of hydrogen-bond acceptors (Lipinski definition) is 2. The maximum atomic E-state index is 6.88. The molecule has 2 aromatic heterocycles. The highest BCUT2D eigenvalue weighted by Crippen LogP contribution is 1.74. The highest BCUT2D eigenvalue weighted by molar-refractivity contribution is 4.88. The summed E-state index contributed by atoms with van der Waals surface area (Å²) in [5.41, 5.74) is 0. The topological polar surface area (TPSA) is 25.8 Å². The van der Waals surface area contributed by atoms with Gasteiger partial charge in [0.2, 0.25) is 0 Å². The van der Waals surface area contributed by atoms with E-state index in [9.17, 15) is 0 Å². The zero-order chi connectivity index (χ0) is 9.36. The molecule has 0 aromatic carbocycles. The van der Waals surface area contributed by atoms with Crippen LogP contribution in [0.1, 0.15) is 1.37 Å². The molecule has 0 N–H and O–H groups in total. The molecule has 0 saturated heterocycles. The Hall–Kier alpha value is -1.70.